The van der Waals surface area contributed by atoms with Crippen LogP contribution in [-0.4, -0.2) is 24.1 Å². The van der Waals surface area contributed by atoms with Crippen molar-refractivity contribution in [2.45, 2.75) is 39.7 Å². The molecule has 0 radical (unpaired) electrons. The van der Waals surface area contributed by atoms with E-state index in [1.165, 1.54) is 10.9 Å². The lowest BCUT2D eigenvalue weighted by molar-refractivity contribution is 0.554. The van der Waals surface area contributed by atoms with Gasteiger partial charge < -0.3 is 10.6 Å². The van der Waals surface area contributed by atoms with Crippen LogP contribution in [0, 0.1) is 6.92 Å². The molecule has 0 amide bonds. The Morgan fingerprint density at radius 2 is 1.90 bits per heavy atom. The average Bonchev–Trinajstić information content (AvgIpc) is 2.47. The maximum Gasteiger partial charge on any atom is 0.132 e. The van der Waals surface area contributed by atoms with E-state index in [-0.39, 0.29) is 0 Å². The Morgan fingerprint density at radius 3 is 2.55 bits per heavy atom. The molecule has 2 N–H and O–H groups in total. The van der Waals surface area contributed by atoms with Gasteiger partial charge in [-0.05, 0) is 37.5 Å². The Balaban J connectivity index is 2.49. The second kappa shape index (κ2) is 6.71. The third-order valence-corrected chi connectivity index (χ3v) is 3.91. The third-order valence-electron chi connectivity index (χ3n) is 3.91. The van der Waals surface area contributed by atoms with Gasteiger partial charge in [-0.25, -0.2) is 4.98 Å². The van der Waals surface area contributed by atoms with E-state index < -0.39 is 0 Å². The largest absolute Gasteiger partial charge is 0.352 e. The van der Waals surface area contributed by atoms with E-state index in [0.29, 0.717) is 12.6 Å². The van der Waals surface area contributed by atoms with Gasteiger partial charge in [-0.15, -0.1) is 0 Å². The van der Waals surface area contributed by atoms with E-state index in [1.54, 1.807) is 0 Å². The molecule has 0 aliphatic heterocycles. The molecule has 20 heavy (non-hydrogen) atoms. The summed E-state index contributed by atoms with van der Waals surface area (Å²) in [6.07, 6.45) is 2.23. The Labute approximate surface area is 121 Å². The molecule has 1 heterocycles. The quantitative estimate of drug-likeness (QED) is 0.874. The highest BCUT2D eigenvalue weighted by Crippen LogP contribution is 2.25. The molecule has 0 bridgehead atoms. The predicted octanol–water partition coefficient (Wildman–Crippen LogP) is 3.50. The maximum atomic E-state index is 5.81. The molecular formula is C17H25N3. The summed E-state index contributed by atoms with van der Waals surface area (Å²) in [4.78, 5) is 7.26. The average molecular weight is 271 g/mol. The Kier molecular flexibility index (Phi) is 4.96. The van der Waals surface area contributed by atoms with Crippen molar-refractivity contribution in [1.82, 2.24) is 4.98 Å². The summed E-state index contributed by atoms with van der Waals surface area (Å²) in [5, 5.41) is 1.20. The summed E-state index contributed by atoms with van der Waals surface area (Å²) < 4.78 is 0. The van der Waals surface area contributed by atoms with E-state index >= 15 is 0 Å². The lowest BCUT2D eigenvalue weighted by Crippen LogP contribution is -2.39. The highest BCUT2D eigenvalue weighted by Gasteiger charge is 2.18. The summed E-state index contributed by atoms with van der Waals surface area (Å²) in [5.41, 5.74) is 8.09. The molecule has 0 atom stereocenters. The maximum absolute atomic E-state index is 5.81. The van der Waals surface area contributed by atoms with Crippen molar-refractivity contribution in [3.8, 4) is 0 Å². The minimum Gasteiger partial charge on any atom is -0.352 e. The zero-order chi connectivity index (χ0) is 14.5. The van der Waals surface area contributed by atoms with Gasteiger partial charge in [0, 0.05) is 24.5 Å². The van der Waals surface area contributed by atoms with Gasteiger partial charge in [-0.1, -0.05) is 32.0 Å². The summed E-state index contributed by atoms with van der Waals surface area (Å²) in [7, 11) is 0. The van der Waals surface area contributed by atoms with Crippen LogP contribution < -0.4 is 10.6 Å². The van der Waals surface area contributed by atoms with Gasteiger partial charge in [0.2, 0.25) is 0 Å². The third kappa shape index (κ3) is 2.93. The Hall–Kier alpha value is -1.61. The monoisotopic (exact) mass is 271 g/mol. The van der Waals surface area contributed by atoms with E-state index in [2.05, 4.69) is 49.9 Å². The number of anilines is 1. The van der Waals surface area contributed by atoms with Crippen LogP contribution in [0.3, 0.4) is 0 Å². The van der Waals surface area contributed by atoms with Crippen molar-refractivity contribution in [3.63, 3.8) is 0 Å². The number of aryl methyl sites for hydroxylation is 1. The Bertz CT molecular complexity index is 561. The van der Waals surface area contributed by atoms with Crippen LogP contribution >= 0.6 is 0 Å². The van der Waals surface area contributed by atoms with Gasteiger partial charge in [0.25, 0.3) is 0 Å². The van der Waals surface area contributed by atoms with E-state index in [4.69, 9.17) is 10.7 Å². The van der Waals surface area contributed by atoms with Crippen LogP contribution in [0.4, 0.5) is 5.82 Å². The van der Waals surface area contributed by atoms with Crippen LogP contribution in [0.1, 0.15) is 32.3 Å². The fourth-order valence-electron chi connectivity index (χ4n) is 2.83. The zero-order valence-electron chi connectivity index (χ0n) is 12.8. The van der Waals surface area contributed by atoms with Crippen molar-refractivity contribution < 1.29 is 0 Å². The molecule has 3 nitrogen and oxygen atoms in total. The van der Waals surface area contributed by atoms with E-state index in [0.717, 1.165) is 30.7 Å². The highest BCUT2D eigenvalue weighted by molar-refractivity contribution is 5.81. The first kappa shape index (κ1) is 14.8. The number of rotatable bonds is 6. The molecule has 0 saturated carbocycles. The SMILES string of the molecule is CCC(CC)N(CCN)c1nc2ccccc2cc1C. The first-order valence-corrected chi connectivity index (χ1v) is 7.54. The summed E-state index contributed by atoms with van der Waals surface area (Å²) >= 11 is 0. The molecule has 0 aliphatic carbocycles. The van der Waals surface area contributed by atoms with Gasteiger partial charge in [-0.3, -0.25) is 0 Å². The number of para-hydroxylation sites is 1. The highest BCUT2D eigenvalue weighted by atomic mass is 15.2. The van der Waals surface area contributed by atoms with Crippen molar-refractivity contribution >= 4 is 16.7 Å². The number of nitrogens with zero attached hydrogens (tertiary/aromatic N) is 2. The minimum atomic E-state index is 0.505. The van der Waals surface area contributed by atoms with Gasteiger partial charge >= 0.3 is 0 Å². The molecule has 0 saturated heterocycles. The molecule has 0 aliphatic rings. The second-order valence-corrected chi connectivity index (χ2v) is 5.27. The number of fused-ring (bicyclic) bond motifs is 1. The summed E-state index contributed by atoms with van der Waals surface area (Å²) in [6.45, 7) is 8.12. The molecule has 0 fully saturated rings. The number of benzene rings is 1. The molecule has 108 valence electrons. The van der Waals surface area contributed by atoms with Crippen LogP contribution in [-0.2, 0) is 0 Å². The molecule has 1 aromatic carbocycles. The molecular weight excluding hydrogens is 246 g/mol. The molecule has 1 aromatic heterocycles. The Morgan fingerprint density at radius 1 is 1.20 bits per heavy atom. The lowest BCUT2D eigenvalue weighted by Gasteiger charge is -2.32. The number of pyridine rings is 1. The smallest absolute Gasteiger partial charge is 0.132 e. The zero-order valence-corrected chi connectivity index (χ0v) is 12.8. The second-order valence-electron chi connectivity index (χ2n) is 5.27. The first-order chi connectivity index (χ1) is 9.71. The van der Waals surface area contributed by atoms with Gasteiger partial charge in [0.05, 0.1) is 5.52 Å². The van der Waals surface area contributed by atoms with Crippen LogP contribution in [0.15, 0.2) is 30.3 Å². The van der Waals surface area contributed by atoms with E-state index in [1.807, 2.05) is 6.07 Å². The van der Waals surface area contributed by atoms with Crippen molar-refractivity contribution in [3.05, 3.63) is 35.9 Å². The predicted molar refractivity (Wildman–Crippen MR) is 87.3 cm³/mol. The van der Waals surface area contributed by atoms with Crippen LogP contribution in [0.5, 0.6) is 0 Å². The van der Waals surface area contributed by atoms with E-state index in [9.17, 15) is 0 Å². The van der Waals surface area contributed by atoms with Crippen LogP contribution in [0.25, 0.3) is 10.9 Å². The minimum absolute atomic E-state index is 0.505. The molecule has 2 aromatic rings. The first-order valence-electron chi connectivity index (χ1n) is 7.54. The van der Waals surface area contributed by atoms with Crippen molar-refractivity contribution in [2.24, 2.45) is 5.73 Å². The molecule has 3 heteroatoms. The standard InChI is InChI=1S/C17H25N3/c1-4-15(5-2)20(11-10-18)17-13(3)12-14-8-6-7-9-16(14)19-17/h6-9,12,15H,4-5,10-11,18H2,1-3H3. The topological polar surface area (TPSA) is 42.1 Å². The normalized spacial score (nSPS) is 11.2. The van der Waals surface area contributed by atoms with Crippen LogP contribution in [0.2, 0.25) is 0 Å². The fraction of sp³-hybridized carbons (Fsp3) is 0.471. The van der Waals surface area contributed by atoms with Crippen molar-refractivity contribution in [1.29, 1.82) is 0 Å². The number of hydrogen-bond donors (Lipinski definition) is 1. The van der Waals surface area contributed by atoms with Gasteiger partial charge in [0.1, 0.15) is 5.82 Å². The lowest BCUT2D eigenvalue weighted by atomic mass is 10.1. The molecule has 2 rings (SSSR count). The molecule has 0 spiro atoms. The van der Waals surface area contributed by atoms with Crippen molar-refractivity contribution in [2.75, 3.05) is 18.0 Å². The fourth-order valence-corrected chi connectivity index (χ4v) is 2.83. The number of aromatic nitrogens is 1. The van der Waals surface area contributed by atoms with Gasteiger partial charge in [0.15, 0.2) is 0 Å². The van der Waals surface area contributed by atoms with Gasteiger partial charge in [-0.2, -0.15) is 0 Å². The summed E-state index contributed by atoms with van der Waals surface area (Å²) in [6, 6.07) is 11.0. The number of nitrogens with two attached hydrogens (primary N) is 1. The number of hydrogen-bond acceptors (Lipinski definition) is 3. The molecule has 0 unspecified atom stereocenters. The summed E-state index contributed by atoms with van der Waals surface area (Å²) in [5.74, 6) is 1.09.